The van der Waals surface area contributed by atoms with Gasteiger partial charge >= 0.3 is 0 Å². The smallest absolute Gasteiger partial charge is 0.145 e. The normalized spacial score (nSPS) is 11.6. The molecule has 1 nitrogen and oxygen atoms in total. The van der Waals surface area contributed by atoms with Crippen LogP contribution in [-0.4, -0.2) is 6.29 Å². The summed E-state index contributed by atoms with van der Waals surface area (Å²) in [5, 5.41) is 0. The number of hydrogen-bond acceptors (Lipinski definition) is 1. The first-order valence-corrected chi connectivity index (χ1v) is 3.93. The Bertz CT molecular complexity index is 114. The summed E-state index contributed by atoms with van der Waals surface area (Å²) in [7, 11) is 0. The molecule has 0 bridgehead atoms. The minimum atomic E-state index is 0.858. The molecule has 0 heterocycles. The van der Waals surface area contributed by atoms with Crippen molar-refractivity contribution in [2.45, 2.75) is 39.5 Å². The van der Waals surface area contributed by atoms with Crippen molar-refractivity contribution in [1.82, 2.24) is 0 Å². The molecule has 0 atom stereocenters. The first kappa shape index (κ1) is 9.41. The zero-order valence-corrected chi connectivity index (χ0v) is 6.89. The molecule has 0 saturated carbocycles. The topological polar surface area (TPSA) is 17.1 Å². The molecule has 0 saturated heterocycles. The van der Waals surface area contributed by atoms with E-state index in [0.29, 0.717) is 0 Å². The highest BCUT2D eigenvalue weighted by Crippen LogP contribution is 2.01. The highest BCUT2D eigenvalue weighted by molar-refractivity contribution is 5.71. The molecular formula is C9H16O. The Hall–Kier alpha value is -0.590. The highest BCUT2D eigenvalue weighted by Gasteiger charge is 1.84. The maximum absolute atomic E-state index is 10.1. The summed E-state index contributed by atoms with van der Waals surface area (Å²) < 4.78 is 0. The first-order valence-electron chi connectivity index (χ1n) is 3.93. The molecule has 0 unspecified atom stereocenters. The Morgan fingerprint density at radius 2 is 2.10 bits per heavy atom. The summed E-state index contributed by atoms with van der Waals surface area (Å²) in [6.45, 7) is 4.02. The number of unbranched alkanes of at least 4 members (excludes halogenated alkanes) is 3. The Kier molecular flexibility index (Phi) is 6.14. The highest BCUT2D eigenvalue weighted by atomic mass is 16.1. The van der Waals surface area contributed by atoms with E-state index in [1.54, 1.807) is 0 Å². The number of rotatable bonds is 5. The van der Waals surface area contributed by atoms with Gasteiger partial charge in [0.15, 0.2) is 0 Å². The number of allylic oxidation sites excluding steroid dienone is 2. The van der Waals surface area contributed by atoms with Crippen LogP contribution in [-0.2, 0) is 4.79 Å². The SMILES string of the molecule is CCCCC/C=C(\C)C=O. The van der Waals surface area contributed by atoms with Crippen LogP contribution in [0.4, 0.5) is 0 Å². The second kappa shape index (κ2) is 6.53. The van der Waals surface area contributed by atoms with Crippen molar-refractivity contribution in [1.29, 1.82) is 0 Å². The number of hydrogen-bond donors (Lipinski definition) is 0. The summed E-state index contributed by atoms with van der Waals surface area (Å²) in [5.74, 6) is 0. The molecule has 0 aromatic carbocycles. The maximum Gasteiger partial charge on any atom is 0.145 e. The molecule has 0 N–H and O–H groups in total. The molecule has 0 aliphatic rings. The van der Waals surface area contributed by atoms with Crippen LogP contribution in [0.15, 0.2) is 11.6 Å². The third-order valence-corrected chi connectivity index (χ3v) is 1.46. The largest absolute Gasteiger partial charge is 0.298 e. The third kappa shape index (κ3) is 5.54. The van der Waals surface area contributed by atoms with Gasteiger partial charge in [-0.3, -0.25) is 4.79 Å². The Labute approximate surface area is 63.1 Å². The van der Waals surface area contributed by atoms with Gasteiger partial charge in [0, 0.05) is 0 Å². The summed E-state index contributed by atoms with van der Waals surface area (Å²) in [4.78, 5) is 10.1. The molecule has 0 amide bonds. The number of carbonyl (C=O) groups is 1. The zero-order valence-electron chi connectivity index (χ0n) is 6.89. The van der Waals surface area contributed by atoms with Crippen molar-refractivity contribution < 1.29 is 4.79 Å². The van der Waals surface area contributed by atoms with Crippen LogP contribution in [0, 0.1) is 0 Å². The van der Waals surface area contributed by atoms with E-state index in [2.05, 4.69) is 6.92 Å². The van der Waals surface area contributed by atoms with Crippen molar-refractivity contribution in [2.75, 3.05) is 0 Å². The van der Waals surface area contributed by atoms with E-state index in [4.69, 9.17) is 0 Å². The zero-order chi connectivity index (χ0) is 7.82. The van der Waals surface area contributed by atoms with Crippen molar-refractivity contribution >= 4 is 6.29 Å². The molecule has 0 aliphatic heterocycles. The molecule has 0 fully saturated rings. The van der Waals surface area contributed by atoms with Gasteiger partial charge in [-0.25, -0.2) is 0 Å². The van der Waals surface area contributed by atoms with Gasteiger partial charge in [0.1, 0.15) is 6.29 Å². The summed E-state index contributed by atoms with van der Waals surface area (Å²) in [6.07, 6.45) is 7.69. The molecule has 0 spiro atoms. The van der Waals surface area contributed by atoms with E-state index in [-0.39, 0.29) is 0 Å². The van der Waals surface area contributed by atoms with Gasteiger partial charge < -0.3 is 0 Å². The predicted octanol–water partition coefficient (Wildman–Crippen LogP) is 2.71. The van der Waals surface area contributed by atoms with Gasteiger partial charge in [0.2, 0.25) is 0 Å². The van der Waals surface area contributed by atoms with Gasteiger partial charge in [-0.15, -0.1) is 0 Å². The summed E-state index contributed by atoms with van der Waals surface area (Å²) in [6, 6.07) is 0. The molecule has 58 valence electrons. The van der Waals surface area contributed by atoms with Gasteiger partial charge in [-0.1, -0.05) is 25.8 Å². The van der Waals surface area contributed by atoms with Crippen molar-refractivity contribution in [2.24, 2.45) is 0 Å². The molecule has 0 aromatic rings. The Balaban J connectivity index is 3.24. The predicted molar refractivity (Wildman–Crippen MR) is 44.0 cm³/mol. The van der Waals surface area contributed by atoms with Gasteiger partial charge in [-0.05, 0) is 25.3 Å². The van der Waals surface area contributed by atoms with E-state index in [0.717, 1.165) is 18.3 Å². The lowest BCUT2D eigenvalue weighted by Crippen LogP contribution is -1.77. The fraction of sp³-hybridized carbons (Fsp3) is 0.667. The molecule has 0 aliphatic carbocycles. The van der Waals surface area contributed by atoms with Crippen molar-refractivity contribution in [3.63, 3.8) is 0 Å². The second-order valence-electron chi connectivity index (χ2n) is 2.56. The first-order chi connectivity index (χ1) is 4.81. The Morgan fingerprint density at radius 3 is 2.60 bits per heavy atom. The summed E-state index contributed by atoms with van der Waals surface area (Å²) in [5.41, 5.74) is 0.858. The van der Waals surface area contributed by atoms with Crippen LogP contribution in [0.25, 0.3) is 0 Å². The number of aldehydes is 1. The van der Waals surface area contributed by atoms with Crippen LogP contribution in [0.2, 0.25) is 0 Å². The quantitative estimate of drug-likeness (QED) is 0.326. The van der Waals surface area contributed by atoms with Gasteiger partial charge in [-0.2, -0.15) is 0 Å². The monoisotopic (exact) mass is 140 g/mol. The third-order valence-electron chi connectivity index (χ3n) is 1.46. The van der Waals surface area contributed by atoms with E-state index in [9.17, 15) is 4.79 Å². The molecule has 0 aromatic heterocycles. The average Bonchev–Trinajstić information content (AvgIpc) is 1.98. The van der Waals surface area contributed by atoms with Crippen LogP contribution in [0.5, 0.6) is 0 Å². The lowest BCUT2D eigenvalue weighted by Gasteiger charge is -1.91. The van der Waals surface area contributed by atoms with Crippen molar-refractivity contribution in [3.8, 4) is 0 Å². The second-order valence-corrected chi connectivity index (χ2v) is 2.56. The molecule has 10 heavy (non-hydrogen) atoms. The maximum atomic E-state index is 10.1. The number of carbonyl (C=O) groups excluding carboxylic acids is 1. The van der Waals surface area contributed by atoms with Gasteiger partial charge in [0.25, 0.3) is 0 Å². The van der Waals surface area contributed by atoms with E-state index in [1.165, 1.54) is 19.3 Å². The molecular weight excluding hydrogens is 124 g/mol. The molecule has 0 radical (unpaired) electrons. The minimum Gasteiger partial charge on any atom is -0.298 e. The fourth-order valence-corrected chi connectivity index (χ4v) is 0.772. The standard InChI is InChI=1S/C9H16O/c1-3-4-5-6-7-9(2)8-10/h7-8H,3-6H2,1-2H3/b9-7+. The van der Waals surface area contributed by atoms with E-state index < -0.39 is 0 Å². The lowest BCUT2D eigenvalue weighted by molar-refractivity contribution is -0.104. The molecule has 0 rings (SSSR count). The fourth-order valence-electron chi connectivity index (χ4n) is 0.772. The van der Waals surface area contributed by atoms with Crippen LogP contribution >= 0.6 is 0 Å². The van der Waals surface area contributed by atoms with Crippen LogP contribution < -0.4 is 0 Å². The van der Waals surface area contributed by atoms with E-state index >= 15 is 0 Å². The van der Waals surface area contributed by atoms with Crippen LogP contribution in [0.3, 0.4) is 0 Å². The molecule has 1 heteroatoms. The van der Waals surface area contributed by atoms with Crippen LogP contribution in [0.1, 0.15) is 39.5 Å². The minimum absolute atomic E-state index is 0.858. The van der Waals surface area contributed by atoms with Crippen molar-refractivity contribution in [3.05, 3.63) is 11.6 Å². The van der Waals surface area contributed by atoms with E-state index in [1.807, 2.05) is 13.0 Å². The Morgan fingerprint density at radius 1 is 1.40 bits per heavy atom. The average molecular weight is 140 g/mol. The van der Waals surface area contributed by atoms with Gasteiger partial charge in [0.05, 0.1) is 0 Å². The summed E-state index contributed by atoms with van der Waals surface area (Å²) >= 11 is 0. The lowest BCUT2D eigenvalue weighted by atomic mass is 10.1.